The molecule has 1 fully saturated rings. The SMILES string of the molecule is CC/C=C\C/C=C\C/C=C\C/C=C\CCC(=O)OC(COC(=O)CCCCC/C=C\C/C=C\C/C=C\CC)COP(=O)(O)OC1C(O)C(O)C(O)C(O)C1O. The van der Waals surface area contributed by atoms with E-state index in [2.05, 4.69) is 74.6 Å². The van der Waals surface area contributed by atoms with Gasteiger partial charge in [0, 0.05) is 12.8 Å². The number of phosphoric ester groups is 1. The van der Waals surface area contributed by atoms with E-state index in [0.29, 0.717) is 19.3 Å². The molecule has 1 aliphatic rings. The lowest BCUT2D eigenvalue weighted by molar-refractivity contribution is -0.220. The Labute approximate surface area is 327 Å². The first-order valence-electron chi connectivity index (χ1n) is 19.4. The van der Waals surface area contributed by atoms with Gasteiger partial charge in [0.1, 0.15) is 43.2 Å². The molecule has 0 radical (unpaired) electrons. The van der Waals surface area contributed by atoms with E-state index < -0.39 is 75.7 Å². The summed E-state index contributed by atoms with van der Waals surface area (Å²) < 4.78 is 33.2. The van der Waals surface area contributed by atoms with Gasteiger partial charge in [0.25, 0.3) is 0 Å². The molecule has 0 spiro atoms. The number of hydrogen-bond donors (Lipinski definition) is 6. The highest BCUT2D eigenvalue weighted by atomic mass is 31.2. The fourth-order valence-electron chi connectivity index (χ4n) is 5.14. The van der Waals surface area contributed by atoms with Crippen LogP contribution in [0.25, 0.3) is 0 Å². The van der Waals surface area contributed by atoms with Crippen molar-refractivity contribution in [3.05, 3.63) is 85.1 Å². The maximum Gasteiger partial charge on any atom is 0.472 e. The lowest BCUT2D eigenvalue weighted by Crippen LogP contribution is -2.64. The second-order valence-corrected chi connectivity index (χ2v) is 14.4. The molecular formula is C41H65O13P. The van der Waals surface area contributed by atoms with E-state index in [0.717, 1.165) is 57.8 Å². The van der Waals surface area contributed by atoms with Gasteiger partial charge >= 0.3 is 19.8 Å². The molecule has 0 aromatic heterocycles. The molecule has 6 unspecified atom stereocenters. The van der Waals surface area contributed by atoms with Gasteiger partial charge in [-0.25, -0.2) is 4.57 Å². The lowest BCUT2D eigenvalue weighted by Gasteiger charge is -2.41. The Morgan fingerprint density at radius 1 is 0.564 bits per heavy atom. The van der Waals surface area contributed by atoms with Crippen molar-refractivity contribution in [1.82, 2.24) is 0 Å². The Morgan fingerprint density at radius 2 is 1.02 bits per heavy atom. The topological polar surface area (TPSA) is 210 Å². The molecule has 13 nitrogen and oxygen atoms in total. The van der Waals surface area contributed by atoms with Crippen LogP contribution in [0.4, 0.5) is 0 Å². The summed E-state index contributed by atoms with van der Waals surface area (Å²) in [6.07, 6.45) is 25.4. The number of phosphoric acid groups is 1. The molecule has 0 aromatic carbocycles. The van der Waals surface area contributed by atoms with Crippen LogP contribution >= 0.6 is 7.82 Å². The van der Waals surface area contributed by atoms with Crippen LogP contribution in [0.5, 0.6) is 0 Å². The highest BCUT2D eigenvalue weighted by molar-refractivity contribution is 7.47. The van der Waals surface area contributed by atoms with Gasteiger partial charge in [-0.1, -0.05) is 105 Å². The Morgan fingerprint density at radius 3 is 1.53 bits per heavy atom. The predicted octanol–water partition coefficient (Wildman–Crippen LogP) is 6.16. The third-order valence-corrected chi connectivity index (χ3v) is 9.23. The standard InChI is InChI=1S/C41H65O13P/c1-3-5-7-9-11-13-15-17-19-21-23-25-27-29-34(42)51-31-33(32-52-55(49,50)54-41-39(47)37(45)36(44)38(46)40(41)48)53-35(43)30-28-26-24-22-20-18-16-14-12-10-8-6-4-2/h5-8,11-14,17-20,24,26,33,36-41,44-48H,3-4,9-10,15-16,21-23,25,27-32H2,1-2H3,(H,49,50)/b7-5-,8-6-,13-11-,14-12-,19-17-,20-18-,26-24-. The van der Waals surface area contributed by atoms with E-state index in [9.17, 15) is 44.6 Å². The molecule has 0 aromatic rings. The number of rotatable bonds is 29. The summed E-state index contributed by atoms with van der Waals surface area (Å²) in [6.45, 7) is 2.93. The number of carbonyl (C=O) groups is 2. The number of aliphatic hydroxyl groups excluding tert-OH is 5. The van der Waals surface area contributed by atoms with Gasteiger partial charge in [-0.05, 0) is 70.6 Å². The first-order chi connectivity index (χ1) is 26.4. The zero-order valence-electron chi connectivity index (χ0n) is 32.4. The number of allylic oxidation sites excluding steroid dienone is 14. The second kappa shape index (κ2) is 31.2. The van der Waals surface area contributed by atoms with Crippen molar-refractivity contribution in [1.29, 1.82) is 0 Å². The minimum Gasteiger partial charge on any atom is -0.462 e. The second-order valence-electron chi connectivity index (χ2n) is 13.0. The van der Waals surface area contributed by atoms with E-state index >= 15 is 0 Å². The first kappa shape index (κ1) is 50.0. The van der Waals surface area contributed by atoms with Crippen LogP contribution in [0, 0.1) is 0 Å². The van der Waals surface area contributed by atoms with E-state index in [-0.39, 0.29) is 12.8 Å². The molecule has 0 aliphatic heterocycles. The number of hydrogen-bond acceptors (Lipinski definition) is 12. The van der Waals surface area contributed by atoms with Crippen LogP contribution < -0.4 is 0 Å². The summed E-state index contributed by atoms with van der Waals surface area (Å²) in [5, 5.41) is 49.9. The van der Waals surface area contributed by atoms with E-state index in [1.807, 2.05) is 24.3 Å². The van der Waals surface area contributed by atoms with Crippen molar-refractivity contribution in [3.8, 4) is 0 Å². The summed E-state index contributed by atoms with van der Waals surface area (Å²) in [6, 6.07) is 0. The average Bonchev–Trinajstić information content (AvgIpc) is 3.16. The smallest absolute Gasteiger partial charge is 0.462 e. The largest absolute Gasteiger partial charge is 0.472 e. The molecule has 0 bridgehead atoms. The predicted molar refractivity (Wildman–Crippen MR) is 211 cm³/mol. The summed E-state index contributed by atoms with van der Waals surface area (Å²) >= 11 is 0. The fraction of sp³-hybridized carbons (Fsp3) is 0.610. The van der Waals surface area contributed by atoms with Crippen molar-refractivity contribution in [2.24, 2.45) is 0 Å². The molecule has 14 heteroatoms. The minimum absolute atomic E-state index is 0.0362. The number of ether oxygens (including phenoxy) is 2. The van der Waals surface area contributed by atoms with Crippen molar-refractivity contribution >= 4 is 19.8 Å². The third-order valence-electron chi connectivity index (χ3n) is 8.25. The van der Waals surface area contributed by atoms with Crippen LogP contribution in [-0.2, 0) is 32.7 Å². The molecule has 0 amide bonds. The molecule has 6 N–H and O–H groups in total. The zero-order chi connectivity index (χ0) is 40.7. The van der Waals surface area contributed by atoms with Crippen LogP contribution in [0.3, 0.4) is 0 Å². The number of carbonyl (C=O) groups excluding carboxylic acids is 2. The van der Waals surface area contributed by atoms with Crippen LogP contribution in [0.15, 0.2) is 85.1 Å². The minimum atomic E-state index is -5.14. The van der Waals surface area contributed by atoms with Crippen LogP contribution in [0.2, 0.25) is 0 Å². The number of esters is 2. The summed E-state index contributed by atoms with van der Waals surface area (Å²) in [4.78, 5) is 35.4. The Kier molecular flexibility index (Phi) is 28.4. The van der Waals surface area contributed by atoms with Crippen molar-refractivity contribution in [3.63, 3.8) is 0 Å². The van der Waals surface area contributed by atoms with E-state index in [1.54, 1.807) is 0 Å². The van der Waals surface area contributed by atoms with Gasteiger partial charge in [-0.2, -0.15) is 0 Å². The Hall–Kier alpha value is -2.97. The Bertz CT molecular complexity index is 1290. The molecule has 55 heavy (non-hydrogen) atoms. The maximum atomic E-state index is 12.7. The normalized spacial score (nSPS) is 24.0. The molecule has 6 atom stereocenters. The average molecular weight is 797 g/mol. The van der Waals surface area contributed by atoms with Crippen molar-refractivity contribution in [2.45, 2.75) is 146 Å². The highest BCUT2D eigenvalue weighted by Gasteiger charge is 2.51. The van der Waals surface area contributed by atoms with Crippen molar-refractivity contribution in [2.75, 3.05) is 13.2 Å². The Balaban J connectivity index is 2.62. The van der Waals surface area contributed by atoms with Gasteiger partial charge in [-0.15, -0.1) is 0 Å². The summed E-state index contributed by atoms with van der Waals surface area (Å²) in [5.41, 5.74) is 0. The van der Waals surface area contributed by atoms with Gasteiger partial charge in [0.2, 0.25) is 0 Å². The van der Waals surface area contributed by atoms with Gasteiger partial charge in [0.15, 0.2) is 6.10 Å². The van der Waals surface area contributed by atoms with Gasteiger partial charge in [0.05, 0.1) is 6.61 Å². The maximum absolute atomic E-state index is 12.7. The van der Waals surface area contributed by atoms with Gasteiger partial charge in [-0.3, -0.25) is 18.6 Å². The zero-order valence-corrected chi connectivity index (χ0v) is 33.3. The molecule has 0 heterocycles. The first-order valence-corrected chi connectivity index (χ1v) is 20.9. The number of unbranched alkanes of at least 4 members (excludes halogenated alkanes) is 3. The lowest BCUT2D eigenvalue weighted by atomic mass is 9.85. The quantitative estimate of drug-likeness (QED) is 0.0217. The molecule has 0 saturated heterocycles. The summed E-state index contributed by atoms with van der Waals surface area (Å²) in [5.74, 6) is -1.24. The molecule has 1 saturated carbocycles. The molecule has 1 rings (SSSR count). The fourth-order valence-corrected chi connectivity index (χ4v) is 6.11. The van der Waals surface area contributed by atoms with E-state index in [4.69, 9.17) is 18.5 Å². The molecular weight excluding hydrogens is 731 g/mol. The third kappa shape index (κ3) is 24.3. The number of aliphatic hydroxyl groups is 5. The van der Waals surface area contributed by atoms with E-state index in [1.165, 1.54) is 0 Å². The molecule has 1 aliphatic carbocycles. The highest BCUT2D eigenvalue weighted by Crippen LogP contribution is 2.47. The molecule has 312 valence electrons. The summed E-state index contributed by atoms with van der Waals surface area (Å²) in [7, 11) is -5.14. The van der Waals surface area contributed by atoms with Gasteiger partial charge < -0.3 is 39.9 Å². The monoisotopic (exact) mass is 796 g/mol. The van der Waals surface area contributed by atoms with Crippen LogP contribution in [-0.4, -0.2) is 98.3 Å². The van der Waals surface area contributed by atoms with Crippen LogP contribution in [0.1, 0.15) is 104 Å². The van der Waals surface area contributed by atoms with Crippen molar-refractivity contribution < 1.29 is 63.1 Å².